The quantitative estimate of drug-likeness (QED) is 0.0477. The number of methoxy groups -OCH3 is 4. The fourth-order valence-electron chi connectivity index (χ4n) is 6.10. The predicted molar refractivity (Wildman–Crippen MR) is 218 cm³/mol. The minimum absolute atomic E-state index is 0.190. The summed E-state index contributed by atoms with van der Waals surface area (Å²) < 4.78 is 20.5. The first-order valence-electron chi connectivity index (χ1n) is 17.7. The molecule has 30 heteroatoms. The minimum Gasteiger partial charge on any atom is -0.477 e. The van der Waals surface area contributed by atoms with Gasteiger partial charge in [-0.25, -0.2) is 52.1 Å². The van der Waals surface area contributed by atoms with Gasteiger partial charge in [-0.2, -0.15) is 15.7 Å². The Bertz CT molecular complexity index is 3100. The normalized spacial score (nSPS) is 10.6. The second-order valence-electron chi connectivity index (χ2n) is 12.5. The molecule has 332 valence electrons. The highest BCUT2D eigenvalue weighted by atomic mass is 17.2. The number of nitriles is 1. The Morgan fingerprint density at radius 3 is 1.52 bits per heavy atom. The number of nitrogens with one attached hydrogen (secondary N) is 7. The Balaban J connectivity index is 0.000000160. The number of aromatic nitrogens is 14. The van der Waals surface area contributed by atoms with E-state index in [4.69, 9.17) is 34.7 Å². The van der Waals surface area contributed by atoms with E-state index in [1.54, 1.807) is 32.9 Å². The Labute approximate surface area is 355 Å². The molecule has 5 aromatic heterocycles. The summed E-state index contributed by atoms with van der Waals surface area (Å²) in [7, 11) is 5.80. The number of benzene rings is 3. The molecule has 0 radical (unpaired) electrons. The number of ether oxygens (including phenoxy) is 4. The van der Waals surface area contributed by atoms with Crippen molar-refractivity contribution in [2.24, 2.45) is 0 Å². The third kappa shape index (κ3) is 8.85. The van der Waals surface area contributed by atoms with Gasteiger partial charge in [-0.1, -0.05) is 0 Å². The monoisotopic (exact) mass is 886 g/mol. The maximum Gasteiger partial charge on any atom is 0.314 e. The summed E-state index contributed by atoms with van der Waals surface area (Å²) in [5, 5.41) is 62.4. The van der Waals surface area contributed by atoms with Crippen LogP contribution in [0.15, 0.2) is 27.8 Å². The van der Waals surface area contributed by atoms with Crippen LogP contribution in [0.5, 0.6) is 23.5 Å². The molecule has 5 heterocycles. The lowest BCUT2D eigenvalue weighted by molar-refractivity contribution is -0.215. The molecule has 0 fully saturated rings. The zero-order valence-corrected chi connectivity index (χ0v) is 34.2. The van der Waals surface area contributed by atoms with Crippen molar-refractivity contribution in [2.45, 2.75) is 20.8 Å². The van der Waals surface area contributed by atoms with Crippen LogP contribution < -0.4 is 46.5 Å². The molecule has 0 saturated heterocycles. The molecule has 0 aliphatic carbocycles. The third-order valence-corrected chi connectivity index (χ3v) is 9.09. The Hall–Kier alpha value is -8.73. The van der Waals surface area contributed by atoms with Crippen molar-refractivity contribution in [1.82, 2.24) is 71.2 Å². The average Bonchev–Trinajstić information content (AvgIpc) is 4.04. The molecule has 0 amide bonds. The summed E-state index contributed by atoms with van der Waals surface area (Å²) in [5.41, 5.74) is 12.0. The van der Waals surface area contributed by atoms with Gasteiger partial charge in [0, 0.05) is 0 Å². The zero-order chi connectivity index (χ0) is 46.1. The van der Waals surface area contributed by atoms with E-state index in [9.17, 15) is 14.9 Å². The third-order valence-electron chi connectivity index (χ3n) is 9.09. The SMILES string of the molecule is COc1nc2cc(NOO)c(C)c(-c3nn[nH]n3)c2nc1OC.COc1nc2cc(NOO)c(C)c(C#N)c2nc1OC.Cc1c(NOO)cc2[nH]c(=O)c(=O)[nH]c2c1-c1nn[nH]n1. The van der Waals surface area contributed by atoms with Crippen molar-refractivity contribution in [2.75, 3.05) is 44.9 Å². The number of tetrazole rings is 2. The molecule has 0 atom stereocenters. The molecule has 0 aliphatic heterocycles. The Morgan fingerprint density at radius 1 is 0.594 bits per heavy atom. The van der Waals surface area contributed by atoms with Crippen LogP contribution in [0.4, 0.5) is 17.1 Å². The van der Waals surface area contributed by atoms with Crippen molar-refractivity contribution >= 4 is 50.2 Å². The number of hydrogen-bond acceptors (Lipinski definition) is 26. The van der Waals surface area contributed by atoms with Gasteiger partial charge >= 0.3 is 11.1 Å². The zero-order valence-electron chi connectivity index (χ0n) is 34.2. The van der Waals surface area contributed by atoms with Gasteiger partial charge in [0.25, 0.3) is 23.5 Å². The van der Waals surface area contributed by atoms with E-state index in [2.05, 4.69) is 103 Å². The molecule has 0 bridgehead atoms. The molecule has 8 rings (SSSR count). The highest BCUT2D eigenvalue weighted by Crippen LogP contribution is 2.37. The number of fused-ring (bicyclic) bond motifs is 3. The van der Waals surface area contributed by atoms with Crippen molar-refractivity contribution in [1.29, 1.82) is 5.26 Å². The predicted octanol–water partition coefficient (Wildman–Crippen LogP) is 2.12. The number of anilines is 3. The summed E-state index contributed by atoms with van der Waals surface area (Å²) in [5.74, 6) is 1.36. The van der Waals surface area contributed by atoms with Crippen LogP contribution in [0.3, 0.4) is 0 Å². The molecule has 0 unspecified atom stereocenters. The van der Waals surface area contributed by atoms with Gasteiger partial charge in [-0.05, 0) is 66.1 Å². The van der Waals surface area contributed by atoms with Gasteiger partial charge in [0.1, 0.15) is 17.1 Å². The lowest BCUT2D eigenvalue weighted by Crippen LogP contribution is -2.29. The van der Waals surface area contributed by atoms with Gasteiger partial charge in [0.15, 0.2) is 0 Å². The first-order chi connectivity index (χ1) is 31.0. The van der Waals surface area contributed by atoms with Crippen molar-refractivity contribution in [3.8, 4) is 52.4 Å². The van der Waals surface area contributed by atoms with Crippen molar-refractivity contribution in [3.05, 3.63) is 61.2 Å². The summed E-state index contributed by atoms with van der Waals surface area (Å²) >= 11 is 0. The molecular formula is C34H34N18O12. The maximum absolute atomic E-state index is 11.5. The molecule has 0 saturated carbocycles. The van der Waals surface area contributed by atoms with Crippen LogP contribution in [-0.4, -0.2) is 115 Å². The highest BCUT2D eigenvalue weighted by molar-refractivity contribution is 5.96. The Morgan fingerprint density at radius 2 is 1.03 bits per heavy atom. The molecule has 30 nitrogen and oxygen atoms in total. The second-order valence-corrected chi connectivity index (χ2v) is 12.5. The van der Waals surface area contributed by atoms with Gasteiger partial charge in [0.2, 0.25) is 11.6 Å². The van der Waals surface area contributed by atoms with Crippen LogP contribution in [-0.2, 0) is 15.0 Å². The Kier molecular flexibility index (Phi) is 13.8. The molecule has 64 heavy (non-hydrogen) atoms. The summed E-state index contributed by atoms with van der Waals surface area (Å²) in [4.78, 5) is 56.9. The average molecular weight is 887 g/mol. The maximum atomic E-state index is 11.5. The van der Waals surface area contributed by atoms with Crippen molar-refractivity contribution in [3.63, 3.8) is 0 Å². The summed E-state index contributed by atoms with van der Waals surface area (Å²) in [6.45, 7) is 5.17. The number of aromatic amines is 4. The van der Waals surface area contributed by atoms with E-state index < -0.39 is 11.1 Å². The van der Waals surface area contributed by atoms with Gasteiger partial charge < -0.3 is 28.9 Å². The van der Waals surface area contributed by atoms with Crippen LogP contribution in [0, 0.1) is 32.1 Å². The van der Waals surface area contributed by atoms with E-state index >= 15 is 0 Å². The van der Waals surface area contributed by atoms with E-state index in [0.717, 1.165) is 0 Å². The topological polar surface area (TPSA) is 411 Å². The highest BCUT2D eigenvalue weighted by Gasteiger charge is 2.22. The van der Waals surface area contributed by atoms with Gasteiger partial charge in [-0.15, -0.1) is 35.4 Å². The van der Waals surface area contributed by atoms with Crippen LogP contribution in [0.2, 0.25) is 0 Å². The van der Waals surface area contributed by atoms with Crippen LogP contribution in [0.1, 0.15) is 22.3 Å². The number of H-pyrrole nitrogens is 4. The molecule has 8 aromatic rings. The van der Waals surface area contributed by atoms with Gasteiger partial charge in [-0.3, -0.25) is 9.59 Å². The van der Waals surface area contributed by atoms with Crippen LogP contribution >= 0.6 is 0 Å². The molecule has 0 spiro atoms. The smallest absolute Gasteiger partial charge is 0.314 e. The van der Waals surface area contributed by atoms with Gasteiger partial charge in [0.05, 0.1) is 84.3 Å². The number of hydrogen-bond donors (Lipinski definition) is 10. The van der Waals surface area contributed by atoms with E-state index in [-0.39, 0.29) is 29.3 Å². The van der Waals surface area contributed by atoms with Crippen molar-refractivity contribution < 1.29 is 49.7 Å². The van der Waals surface area contributed by atoms with Crippen LogP contribution in [0.25, 0.3) is 55.9 Å². The van der Waals surface area contributed by atoms with E-state index in [0.29, 0.717) is 89.4 Å². The van der Waals surface area contributed by atoms with E-state index in [1.807, 2.05) is 6.07 Å². The first-order valence-corrected chi connectivity index (χ1v) is 17.7. The first kappa shape index (κ1) is 44.8. The lowest BCUT2D eigenvalue weighted by Gasteiger charge is -2.13. The molecule has 0 aliphatic rings. The number of nitrogens with zero attached hydrogens (tertiary/aromatic N) is 11. The number of rotatable bonds is 12. The minimum atomic E-state index is -0.804. The fraction of sp³-hybridized carbons (Fsp3) is 0.206. The molecular weight excluding hydrogens is 852 g/mol. The second kappa shape index (κ2) is 19.8. The largest absolute Gasteiger partial charge is 0.477 e. The molecule has 10 N–H and O–H groups in total. The summed E-state index contributed by atoms with van der Waals surface area (Å²) in [6, 6.07) is 6.76. The standard InChI is InChI=1S/C12H13N7O4.C12H12N4O4.C10H9N7O4/c1-5-6(17-23-20)4-7-9(8(5)10-15-18-19-16-10)14-12(22-3)11(13-7)21-2;1-6-7(5-13)10-9(4-8(6)16-20-17)14-11(18-2)12(15-10)19-3;1-3-4(15-21-20)2-5-7(12-10(19)9(18)11-5)6(3)8-13-16-17-14-8/h4,17,20H,1-3H3,(H,15,16,18,19);4,16-17H,1-3H3;2,15,20H,1H3,(H,11,18)(H,12,19)(H,13,14,16,17). The molecule has 3 aromatic carbocycles. The van der Waals surface area contributed by atoms with E-state index in [1.165, 1.54) is 34.5 Å². The lowest BCUT2D eigenvalue weighted by atomic mass is 10.0. The fourth-order valence-corrected chi connectivity index (χ4v) is 6.10. The summed E-state index contributed by atoms with van der Waals surface area (Å²) in [6.07, 6.45) is 0.